The molecule has 0 fully saturated rings. The molecule has 0 N–H and O–H groups in total. The maximum absolute atomic E-state index is 11.1. The Bertz CT molecular complexity index is 794. The standard InChI is InChI=1S/C14H8O8.4K/c15-11(16)5-1-7-8(10(3-5)14(21)22)2-6(12(17)18)4-9(7)13(19)20;;;;/h1-4H,(H,15,16)(H,17,18)(H,19,20)(H,21,22);;;;/q;4*+1/p-4. The first-order valence-electron chi connectivity index (χ1n) is 5.69. The predicted molar refractivity (Wildman–Crippen MR) is 61.3 cm³/mol. The summed E-state index contributed by atoms with van der Waals surface area (Å²) in [4.78, 5) is 44.0. The van der Waals surface area contributed by atoms with Crippen LogP contribution in [-0.4, -0.2) is 23.9 Å². The number of carbonyl (C=O) groups is 4. The molecule has 2 aromatic carbocycles. The summed E-state index contributed by atoms with van der Waals surface area (Å²) in [6.45, 7) is 0. The minimum absolute atomic E-state index is 0. The van der Waals surface area contributed by atoms with Crippen LogP contribution < -0.4 is 226 Å². The van der Waals surface area contributed by atoms with Crippen molar-refractivity contribution in [3.8, 4) is 0 Å². The Morgan fingerprint density at radius 3 is 0.962 bits per heavy atom. The zero-order chi connectivity index (χ0) is 16.6. The van der Waals surface area contributed by atoms with Gasteiger partial charge in [0.15, 0.2) is 0 Å². The second kappa shape index (κ2) is 15.0. The first kappa shape index (κ1) is 33.8. The molecule has 0 radical (unpaired) electrons. The van der Waals surface area contributed by atoms with E-state index in [2.05, 4.69) is 0 Å². The van der Waals surface area contributed by atoms with E-state index in [1.54, 1.807) is 0 Å². The summed E-state index contributed by atoms with van der Waals surface area (Å²) in [6, 6.07) is 3.07. The van der Waals surface area contributed by atoms with Gasteiger partial charge >= 0.3 is 206 Å². The maximum Gasteiger partial charge on any atom is 1.00 e. The van der Waals surface area contributed by atoms with Gasteiger partial charge in [0.05, 0.1) is 23.9 Å². The molecule has 0 bridgehead atoms. The van der Waals surface area contributed by atoms with Gasteiger partial charge in [0.2, 0.25) is 0 Å². The third-order valence-electron chi connectivity index (χ3n) is 2.98. The number of fused-ring (bicyclic) bond motifs is 1. The summed E-state index contributed by atoms with van der Waals surface area (Å²) in [5.74, 6) is -7.10. The van der Waals surface area contributed by atoms with Crippen molar-refractivity contribution in [1.82, 2.24) is 0 Å². The molecule has 0 aromatic heterocycles. The summed E-state index contributed by atoms with van der Waals surface area (Å²) in [6.07, 6.45) is 0. The fourth-order valence-electron chi connectivity index (χ4n) is 2.04. The maximum atomic E-state index is 11.1. The number of hydrogen-bond acceptors (Lipinski definition) is 8. The Hall–Kier alpha value is 3.13. The van der Waals surface area contributed by atoms with Gasteiger partial charge in [-0.2, -0.15) is 0 Å². The van der Waals surface area contributed by atoms with Crippen LogP contribution in [0.15, 0.2) is 24.3 Å². The Kier molecular flexibility index (Phi) is 19.5. The smallest absolute Gasteiger partial charge is 0.545 e. The average molecular weight is 457 g/mol. The van der Waals surface area contributed by atoms with E-state index in [-0.39, 0.29) is 216 Å². The molecule has 0 aliphatic rings. The molecule has 0 aliphatic carbocycles. The van der Waals surface area contributed by atoms with Gasteiger partial charge in [-0.05, 0) is 46.2 Å². The molecule has 0 spiro atoms. The van der Waals surface area contributed by atoms with E-state index in [1.807, 2.05) is 0 Å². The quantitative estimate of drug-likeness (QED) is 0.410. The van der Waals surface area contributed by atoms with Gasteiger partial charge < -0.3 is 39.6 Å². The van der Waals surface area contributed by atoms with Crippen molar-refractivity contribution in [1.29, 1.82) is 0 Å². The molecule has 0 aliphatic heterocycles. The average Bonchev–Trinajstić information content (AvgIpc) is 2.44. The van der Waals surface area contributed by atoms with E-state index in [1.165, 1.54) is 0 Å². The van der Waals surface area contributed by atoms with E-state index >= 15 is 0 Å². The van der Waals surface area contributed by atoms with Crippen LogP contribution >= 0.6 is 0 Å². The number of aromatic carboxylic acids is 4. The van der Waals surface area contributed by atoms with Crippen molar-refractivity contribution in [3.05, 3.63) is 46.5 Å². The summed E-state index contributed by atoms with van der Waals surface area (Å²) in [7, 11) is 0. The molecular weight excluding hydrogens is 453 g/mol. The first-order valence-corrected chi connectivity index (χ1v) is 5.69. The molecule has 0 amide bonds. The van der Waals surface area contributed by atoms with Crippen molar-refractivity contribution in [2.45, 2.75) is 0 Å². The Balaban J connectivity index is -0.00000132. The monoisotopic (exact) mass is 456 g/mol. The number of carbonyl (C=O) groups excluding carboxylic acids is 4. The largest absolute Gasteiger partial charge is 1.00 e. The molecular formula is C14H4K4O8. The Labute approximate surface area is 317 Å². The first-order chi connectivity index (χ1) is 10.2. The van der Waals surface area contributed by atoms with E-state index in [9.17, 15) is 39.6 Å². The van der Waals surface area contributed by atoms with Crippen LogP contribution in [0, 0.1) is 0 Å². The third kappa shape index (κ3) is 8.34. The van der Waals surface area contributed by atoms with Crippen LogP contribution in [0.1, 0.15) is 41.4 Å². The molecule has 0 heterocycles. The summed E-state index contributed by atoms with van der Waals surface area (Å²) >= 11 is 0. The SMILES string of the molecule is O=C([O-])c1cc(C(=O)[O-])c2cc(C(=O)[O-])cc(C(=O)[O-])c2c1.[K+].[K+].[K+].[K+]. The van der Waals surface area contributed by atoms with Crippen LogP contribution in [0.5, 0.6) is 0 Å². The van der Waals surface area contributed by atoms with Crippen LogP contribution in [0.25, 0.3) is 10.8 Å². The topological polar surface area (TPSA) is 161 Å². The number of rotatable bonds is 4. The fourth-order valence-corrected chi connectivity index (χ4v) is 2.04. The number of carboxylic acid groups (broad SMARTS) is 4. The van der Waals surface area contributed by atoms with Crippen LogP contribution in [0.3, 0.4) is 0 Å². The number of benzene rings is 2. The van der Waals surface area contributed by atoms with Crippen LogP contribution in [0.2, 0.25) is 0 Å². The van der Waals surface area contributed by atoms with Gasteiger partial charge in [-0.25, -0.2) is 0 Å². The summed E-state index contributed by atoms with van der Waals surface area (Å²) in [5, 5.41) is 43.3. The van der Waals surface area contributed by atoms with E-state index < -0.39 is 46.1 Å². The van der Waals surface area contributed by atoms with Gasteiger partial charge in [-0.3, -0.25) is 0 Å². The van der Waals surface area contributed by atoms with E-state index in [0.717, 1.165) is 12.1 Å². The van der Waals surface area contributed by atoms with Crippen molar-refractivity contribution in [2.24, 2.45) is 0 Å². The van der Waals surface area contributed by atoms with E-state index in [0.29, 0.717) is 12.1 Å². The van der Waals surface area contributed by atoms with Crippen LogP contribution in [0.4, 0.5) is 0 Å². The minimum Gasteiger partial charge on any atom is -0.545 e. The fraction of sp³-hybridized carbons (Fsp3) is 0. The molecule has 0 saturated heterocycles. The summed E-state index contributed by atoms with van der Waals surface area (Å²) in [5.41, 5.74) is -2.59. The van der Waals surface area contributed by atoms with Gasteiger partial charge in [0.1, 0.15) is 0 Å². The Morgan fingerprint density at radius 2 is 0.769 bits per heavy atom. The number of carboxylic acids is 4. The normalized spacial score (nSPS) is 8.77. The molecule has 26 heavy (non-hydrogen) atoms. The van der Waals surface area contributed by atoms with E-state index in [4.69, 9.17) is 0 Å². The van der Waals surface area contributed by atoms with Crippen molar-refractivity contribution < 1.29 is 245 Å². The van der Waals surface area contributed by atoms with Crippen molar-refractivity contribution in [3.63, 3.8) is 0 Å². The Morgan fingerprint density at radius 1 is 0.500 bits per heavy atom. The van der Waals surface area contributed by atoms with Gasteiger partial charge in [0, 0.05) is 11.1 Å². The second-order valence-electron chi connectivity index (χ2n) is 4.29. The minimum atomic E-state index is -1.81. The van der Waals surface area contributed by atoms with Gasteiger partial charge in [-0.1, -0.05) is 0 Å². The van der Waals surface area contributed by atoms with Gasteiger partial charge in [-0.15, -0.1) is 0 Å². The molecule has 2 aromatic rings. The summed E-state index contributed by atoms with van der Waals surface area (Å²) < 4.78 is 0. The molecule has 8 nitrogen and oxygen atoms in total. The van der Waals surface area contributed by atoms with Crippen LogP contribution in [-0.2, 0) is 0 Å². The molecule has 112 valence electrons. The second-order valence-corrected chi connectivity index (χ2v) is 4.29. The molecule has 0 atom stereocenters. The molecule has 0 saturated carbocycles. The molecule has 0 unspecified atom stereocenters. The van der Waals surface area contributed by atoms with Crippen molar-refractivity contribution >= 4 is 34.6 Å². The number of hydrogen-bond donors (Lipinski definition) is 0. The zero-order valence-corrected chi connectivity index (χ0v) is 27.1. The predicted octanol–water partition coefficient (Wildman–Crippen LogP) is -15.7. The molecule has 12 heteroatoms. The third-order valence-corrected chi connectivity index (χ3v) is 2.98. The van der Waals surface area contributed by atoms with Gasteiger partial charge in [0.25, 0.3) is 0 Å². The zero-order valence-electron chi connectivity index (χ0n) is 14.6. The molecule has 2 rings (SSSR count). The van der Waals surface area contributed by atoms with Crippen molar-refractivity contribution in [2.75, 3.05) is 0 Å².